The fourth-order valence-corrected chi connectivity index (χ4v) is 2.60. The molecule has 5 nitrogen and oxygen atoms in total. The van der Waals surface area contributed by atoms with Gasteiger partial charge in [0.05, 0.1) is 13.5 Å². The molecule has 5 heteroatoms. The van der Waals surface area contributed by atoms with Gasteiger partial charge in [0.25, 0.3) is 0 Å². The average Bonchev–Trinajstić information content (AvgIpc) is 2.47. The number of carbonyl (C=O) groups is 2. The summed E-state index contributed by atoms with van der Waals surface area (Å²) >= 11 is 0. The number of amides is 1. The Labute approximate surface area is 118 Å². The molecule has 108 valence electrons. The molecule has 0 bridgehead atoms. The zero-order valence-electron chi connectivity index (χ0n) is 11.5. The SMILES string of the molecule is COc1ccccc1CC(=O)N1CCCCC1C(=O)O. The number of rotatable bonds is 4. The summed E-state index contributed by atoms with van der Waals surface area (Å²) in [6, 6.07) is 6.62. The van der Waals surface area contributed by atoms with Crippen LogP contribution >= 0.6 is 0 Å². The summed E-state index contributed by atoms with van der Waals surface area (Å²) in [4.78, 5) is 25.1. The predicted octanol–water partition coefficient (Wildman–Crippen LogP) is 1.70. The maximum absolute atomic E-state index is 12.4. The Morgan fingerprint density at radius 2 is 2.10 bits per heavy atom. The molecule has 1 atom stereocenters. The number of ether oxygens (including phenoxy) is 1. The Kier molecular flexibility index (Phi) is 4.61. The third-order valence-corrected chi connectivity index (χ3v) is 3.64. The van der Waals surface area contributed by atoms with Crippen LogP contribution in [0, 0.1) is 0 Å². The van der Waals surface area contributed by atoms with Crippen LogP contribution in [0.4, 0.5) is 0 Å². The largest absolute Gasteiger partial charge is 0.496 e. The summed E-state index contributed by atoms with van der Waals surface area (Å²) in [6.45, 7) is 0.519. The van der Waals surface area contributed by atoms with Gasteiger partial charge >= 0.3 is 5.97 Å². The van der Waals surface area contributed by atoms with Crippen molar-refractivity contribution in [3.8, 4) is 5.75 Å². The van der Waals surface area contributed by atoms with Crippen molar-refractivity contribution in [2.45, 2.75) is 31.7 Å². The van der Waals surface area contributed by atoms with E-state index in [1.54, 1.807) is 13.2 Å². The van der Waals surface area contributed by atoms with Crippen LogP contribution in [0.15, 0.2) is 24.3 Å². The fourth-order valence-electron chi connectivity index (χ4n) is 2.60. The fraction of sp³-hybridized carbons (Fsp3) is 0.467. The average molecular weight is 277 g/mol. The lowest BCUT2D eigenvalue weighted by Crippen LogP contribution is -2.48. The Hall–Kier alpha value is -2.04. The van der Waals surface area contributed by atoms with Gasteiger partial charge < -0.3 is 14.7 Å². The molecule has 20 heavy (non-hydrogen) atoms. The highest BCUT2D eigenvalue weighted by molar-refractivity contribution is 5.85. The molecule has 1 unspecified atom stereocenters. The van der Waals surface area contributed by atoms with E-state index in [4.69, 9.17) is 4.74 Å². The number of benzene rings is 1. The Morgan fingerprint density at radius 3 is 2.80 bits per heavy atom. The van der Waals surface area contributed by atoms with Crippen LogP contribution in [0.3, 0.4) is 0 Å². The number of carboxylic acid groups (broad SMARTS) is 1. The number of carboxylic acids is 1. The lowest BCUT2D eigenvalue weighted by atomic mass is 10.0. The van der Waals surface area contributed by atoms with E-state index in [-0.39, 0.29) is 12.3 Å². The summed E-state index contributed by atoms with van der Waals surface area (Å²) in [6.07, 6.45) is 2.43. The molecule has 1 aromatic rings. The molecule has 1 saturated heterocycles. The Bertz CT molecular complexity index is 500. The molecule has 0 saturated carbocycles. The molecule has 0 aliphatic carbocycles. The molecule has 2 rings (SSSR count). The first-order valence-electron chi connectivity index (χ1n) is 6.77. The maximum Gasteiger partial charge on any atom is 0.326 e. The number of aliphatic carboxylic acids is 1. The molecule has 1 fully saturated rings. The van der Waals surface area contributed by atoms with E-state index in [1.807, 2.05) is 18.2 Å². The van der Waals surface area contributed by atoms with Crippen LogP contribution < -0.4 is 4.74 Å². The van der Waals surface area contributed by atoms with E-state index in [0.717, 1.165) is 18.4 Å². The zero-order chi connectivity index (χ0) is 14.5. The summed E-state index contributed by atoms with van der Waals surface area (Å²) < 4.78 is 5.22. The summed E-state index contributed by atoms with van der Waals surface area (Å²) in [5.41, 5.74) is 0.787. The van der Waals surface area contributed by atoms with Crippen LogP contribution in [-0.2, 0) is 16.0 Å². The third kappa shape index (κ3) is 3.10. The number of likely N-dealkylation sites (tertiary alicyclic amines) is 1. The molecule has 0 spiro atoms. The van der Waals surface area contributed by atoms with E-state index < -0.39 is 12.0 Å². The monoisotopic (exact) mass is 277 g/mol. The normalized spacial score (nSPS) is 18.6. The topological polar surface area (TPSA) is 66.8 Å². The summed E-state index contributed by atoms with van der Waals surface area (Å²) in [7, 11) is 1.56. The Balaban J connectivity index is 2.12. The van der Waals surface area contributed by atoms with Gasteiger partial charge in [0.2, 0.25) is 5.91 Å². The standard InChI is InChI=1S/C15H19NO4/c1-20-13-8-3-2-6-11(13)10-14(17)16-9-5-4-7-12(16)15(18)19/h2-3,6,8,12H,4-5,7,9-10H2,1H3,(H,18,19). The smallest absolute Gasteiger partial charge is 0.326 e. The van der Waals surface area contributed by atoms with Gasteiger partial charge in [-0.05, 0) is 25.3 Å². The molecule has 0 aromatic heterocycles. The van der Waals surface area contributed by atoms with Crippen LogP contribution in [0.5, 0.6) is 5.75 Å². The number of nitrogens with zero attached hydrogens (tertiary/aromatic N) is 1. The predicted molar refractivity (Wildman–Crippen MR) is 73.7 cm³/mol. The number of methoxy groups -OCH3 is 1. The molecule has 0 radical (unpaired) electrons. The minimum absolute atomic E-state index is 0.151. The quantitative estimate of drug-likeness (QED) is 0.909. The lowest BCUT2D eigenvalue weighted by Gasteiger charge is -2.33. The van der Waals surface area contributed by atoms with Crippen molar-refractivity contribution >= 4 is 11.9 Å². The van der Waals surface area contributed by atoms with Crippen molar-refractivity contribution in [1.82, 2.24) is 4.90 Å². The van der Waals surface area contributed by atoms with Gasteiger partial charge in [-0.2, -0.15) is 0 Å². The first-order valence-corrected chi connectivity index (χ1v) is 6.77. The first-order chi connectivity index (χ1) is 9.63. The van der Waals surface area contributed by atoms with Gasteiger partial charge in [0.15, 0.2) is 0 Å². The summed E-state index contributed by atoms with van der Waals surface area (Å²) in [5.74, 6) is -0.413. The second-order valence-corrected chi connectivity index (χ2v) is 4.93. The molecule has 1 aromatic carbocycles. The number of hydrogen-bond acceptors (Lipinski definition) is 3. The van der Waals surface area contributed by atoms with Crippen molar-refractivity contribution in [3.05, 3.63) is 29.8 Å². The van der Waals surface area contributed by atoms with Crippen molar-refractivity contribution < 1.29 is 19.4 Å². The molecular weight excluding hydrogens is 258 g/mol. The van der Waals surface area contributed by atoms with Crippen LogP contribution in [0.25, 0.3) is 0 Å². The third-order valence-electron chi connectivity index (χ3n) is 3.64. The number of hydrogen-bond donors (Lipinski definition) is 1. The molecule has 1 N–H and O–H groups in total. The number of piperidine rings is 1. The van der Waals surface area contributed by atoms with Gasteiger partial charge in [-0.25, -0.2) is 4.79 Å². The maximum atomic E-state index is 12.4. The first kappa shape index (κ1) is 14.4. The lowest BCUT2D eigenvalue weighted by molar-refractivity contribution is -0.151. The van der Waals surface area contributed by atoms with Gasteiger partial charge in [0, 0.05) is 12.1 Å². The number of carbonyl (C=O) groups excluding carboxylic acids is 1. The van der Waals surface area contributed by atoms with Gasteiger partial charge in [-0.1, -0.05) is 18.2 Å². The molecule has 1 amide bonds. The van der Waals surface area contributed by atoms with Crippen LogP contribution in [0.1, 0.15) is 24.8 Å². The molecular formula is C15H19NO4. The highest BCUT2D eigenvalue weighted by Gasteiger charge is 2.31. The van der Waals surface area contributed by atoms with E-state index in [9.17, 15) is 14.7 Å². The van der Waals surface area contributed by atoms with E-state index in [2.05, 4.69) is 0 Å². The van der Waals surface area contributed by atoms with Crippen molar-refractivity contribution in [1.29, 1.82) is 0 Å². The second-order valence-electron chi connectivity index (χ2n) is 4.93. The minimum Gasteiger partial charge on any atom is -0.496 e. The van der Waals surface area contributed by atoms with E-state index in [0.29, 0.717) is 18.7 Å². The molecule has 1 heterocycles. The molecule has 1 aliphatic rings. The van der Waals surface area contributed by atoms with Crippen LogP contribution in [-0.4, -0.2) is 41.6 Å². The molecule has 1 aliphatic heterocycles. The summed E-state index contributed by atoms with van der Waals surface area (Å²) in [5, 5.41) is 9.21. The number of para-hydroxylation sites is 1. The van der Waals surface area contributed by atoms with Crippen LogP contribution in [0.2, 0.25) is 0 Å². The van der Waals surface area contributed by atoms with Gasteiger partial charge in [-0.3, -0.25) is 4.79 Å². The van der Waals surface area contributed by atoms with Gasteiger partial charge in [-0.15, -0.1) is 0 Å². The Morgan fingerprint density at radius 1 is 1.35 bits per heavy atom. The zero-order valence-corrected chi connectivity index (χ0v) is 11.5. The van der Waals surface area contributed by atoms with Gasteiger partial charge in [0.1, 0.15) is 11.8 Å². The van der Waals surface area contributed by atoms with Crippen molar-refractivity contribution in [2.75, 3.05) is 13.7 Å². The van der Waals surface area contributed by atoms with E-state index >= 15 is 0 Å². The van der Waals surface area contributed by atoms with E-state index in [1.165, 1.54) is 4.90 Å². The highest BCUT2D eigenvalue weighted by atomic mass is 16.5. The van der Waals surface area contributed by atoms with Crippen molar-refractivity contribution in [3.63, 3.8) is 0 Å². The van der Waals surface area contributed by atoms with Crippen molar-refractivity contribution in [2.24, 2.45) is 0 Å². The minimum atomic E-state index is -0.918. The second kappa shape index (κ2) is 6.41. The highest BCUT2D eigenvalue weighted by Crippen LogP contribution is 2.22.